The predicted octanol–water partition coefficient (Wildman–Crippen LogP) is 2.25. The molecule has 0 saturated heterocycles. The van der Waals surface area contributed by atoms with E-state index < -0.39 is 30.1 Å². The molecule has 0 spiro atoms. The van der Waals surface area contributed by atoms with Crippen LogP contribution in [-0.2, 0) is 19.2 Å². The number of carbonyl (C=O) groups is 5. The van der Waals surface area contributed by atoms with Crippen LogP contribution in [0.25, 0.3) is 0 Å². The van der Waals surface area contributed by atoms with Crippen LogP contribution in [0.3, 0.4) is 0 Å². The number of pyridine rings is 1. The summed E-state index contributed by atoms with van der Waals surface area (Å²) in [6, 6.07) is -0.0891. The molecule has 1 aromatic heterocycles. The number of nitrogens with one attached hydrogen (secondary N) is 6. The molecule has 5 amide bonds. The Morgan fingerprint density at radius 3 is 2.00 bits per heavy atom. The molecule has 13 heteroatoms. The van der Waals surface area contributed by atoms with Gasteiger partial charge in [0.1, 0.15) is 18.1 Å². The number of hydrogen-bond donors (Lipinski definition) is 6. The molecule has 0 radical (unpaired) electrons. The first-order valence-electron chi connectivity index (χ1n) is 16.4. The fraction of sp³-hybridized carbons (Fsp3) is 0.697. The van der Waals surface area contributed by atoms with Crippen LogP contribution in [0.1, 0.15) is 85.0 Å². The first-order valence-corrected chi connectivity index (χ1v) is 17.8. The predicted molar refractivity (Wildman–Crippen MR) is 184 cm³/mol. The zero-order chi connectivity index (χ0) is 34.8. The van der Waals surface area contributed by atoms with Gasteiger partial charge in [0.2, 0.25) is 23.6 Å². The van der Waals surface area contributed by atoms with Gasteiger partial charge in [-0.05, 0) is 68.6 Å². The van der Waals surface area contributed by atoms with Gasteiger partial charge in [-0.25, -0.2) is 0 Å². The van der Waals surface area contributed by atoms with Crippen LogP contribution in [0, 0.1) is 17.8 Å². The van der Waals surface area contributed by atoms with Gasteiger partial charge in [0, 0.05) is 37.1 Å². The van der Waals surface area contributed by atoms with Crippen molar-refractivity contribution in [3.8, 4) is 0 Å². The third kappa shape index (κ3) is 14.5. The van der Waals surface area contributed by atoms with Gasteiger partial charge in [-0.15, -0.1) is 0 Å². The minimum absolute atomic E-state index is 0.0898. The van der Waals surface area contributed by atoms with Crippen molar-refractivity contribution in [1.82, 2.24) is 36.9 Å². The first kappa shape index (κ1) is 40.8. The van der Waals surface area contributed by atoms with Crippen molar-refractivity contribution in [3.05, 3.63) is 30.1 Å². The van der Waals surface area contributed by atoms with E-state index in [1.165, 1.54) is 12.4 Å². The number of likely N-dealkylation sites (N-methyl/N-ethyl adjacent to an activating group) is 1. The molecule has 0 aliphatic carbocycles. The largest absolute Gasteiger partial charge is 0.355 e. The van der Waals surface area contributed by atoms with Crippen molar-refractivity contribution in [2.75, 3.05) is 25.1 Å². The Morgan fingerprint density at radius 1 is 0.804 bits per heavy atom. The average Bonchev–Trinajstić information content (AvgIpc) is 3.02. The minimum atomic E-state index is -0.836. The van der Waals surface area contributed by atoms with Gasteiger partial charge in [-0.2, -0.15) is 11.8 Å². The summed E-state index contributed by atoms with van der Waals surface area (Å²) in [5, 5.41) is 17.6. The molecule has 0 aliphatic rings. The molecule has 0 bridgehead atoms. The fourth-order valence-corrected chi connectivity index (χ4v) is 5.24. The summed E-state index contributed by atoms with van der Waals surface area (Å²) in [6.45, 7) is 16.0. The molecule has 0 fully saturated rings. The lowest BCUT2D eigenvalue weighted by molar-refractivity contribution is -0.131. The van der Waals surface area contributed by atoms with Gasteiger partial charge in [0.25, 0.3) is 5.91 Å². The van der Waals surface area contributed by atoms with Crippen LogP contribution in [0.4, 0.5) is 0 Å². The molecular formula is C33H57N7O5S. The van der Waals surface area contributed by atoms with E-state index in [1.807, 2.05) is 54.7 Å². The molecule has 6 N–H and O–H groups in total. The van der Waals surface area contributed by atoms with Gasteiger partial charge < -0.3 is 31.9 Å². The lowest BCUT2D eigenvalue weighted by Crippen LogP contribution is -2.58. The Bertz CT molecular complexity index is 1110. The van der Waals surface area contributed by atoms with Crippen LogP contribution in [0.15, 0.2) is 24.5 Å². The van der Waals surface area contributed by atoms with Gasteiger partial charge in [0.05, 0.1) is 6.04 Å². The SMILES string of the molecule is CCNC(=O)C(NC(=O)[C@H](C)NCC(CC(C)C)NC(=O)[C@H](CCSC)NC(=O)C(NC(=O)c1ccncc1)C(C)CC)C(C)C. The van der Waals surface area contributed by atoms with Crippen LogP contribution in [-0.4, -0.2) is 89.8 Å². The molecule has 1 heterocycles. The van der Waals surface area contributed by atoms with Crippen molar-refractivity contribution < 1.29 is 24.0 Å². The minimum Gasteiger partial charge on any atom is -0.355 e. The molecule has 46 heavy (non-hydrogen) atoms. The molecule has 12 nitrogen and oxygen atoms in total. The van der Waals surface area contributed by atoms with E-state index >= 15 is 0 Å². The number of carbonyl (C=O) groups excluding carboxylic acids is 5. The number of aromatic nitrogens is 1. The monoisotopic (exact) mass is 663 g/mol. The van der Waals surface area contributed by atoms with E-state index in [-0.39, 0.29) is 47.4 Å². The Labute approximate surface area is 279 Å². The van der Waals surface area contributed by atoms with Crippen molar-refractivity contribution in [1.29, 1.82) is 0 Å². The van der Waals surface area contributed by atoms with Gasteiger partial charge >= 0.3 is 0 Å². The highest BCUT2D eigenvalue weighted by Crippen LogP contribution is 2.12. The maximum atomic E-state index is 13.6. The summed E-state index contributed by atoms with van der Waals surface area (Å²) >= 11 is 1.57. The summed E-state index contributed by atoms with van der Waals surface area (Å²) in [5.74, 6) is -1.06. The highest BCUT2D eigenvalue weighted by Gasteiger charge is 2.31. The quantitative estimate of drug-likeness (QED) is 0.116. The average molecular weight is 664 g/mol. The number of amides is 5. The molecule has 4 unspecified atom stereocenters. The van der Waals surface area contributed by atoms with E-state index in [0.29, 0.717) is 43.7 Å². The highest BCUT2D eigenvalue weighted by molar-refractivity contribution is 7.98. The lowest BCUT2D eigenvalue weighted by atomic mass is 9.97. The number of hydrogen-bond acceptors (Lipinski definition) is 8. The van der Waals surface area contributed by atoms with Crippen molar-refractivity contribution >= 4 is 41.3 Å². The second-order valence-corrected chi connectivity index (χ2v) is 13.5. The maximum Gasteiger partial charge on any atom is 0.252 e. The number of nitrogens with zero attached hydrogens (tertiary/aromatic N) is 1. The Balaban J connectivity index is 3.00. The Hall–Kier alpha value is -3.19. The van der Waals surface area contributed by atoms with Crippen molar-refractivity contribution in [2.45, 2.75) is 105 Å². The molecule has 6 atom stereocenters. The Morgan fingerprint density at radius 2 is 1.46 bits per heavy atom. The molecular weight excluding hydrogens is 606 g/mol. The normalized spacial score (nSPS) is 15.2. The maximum absolute atomic E-state index is 13.6. The molecule has 1 rings (SSSR count). The summed E-state index contributed by atoms with van der Waals surface area (Å²) in [7, 11) is 0. The summed E-state index contributed by atoms with van der Waals surface area (Å²) in [6.07, 6.45) is 6.65. The van der Waals surface area contributed by atoms with E-state index in [1.54, 1.807) is 30.8 Å². The van der Waals surface area contributed by atoms with Crippen LogP contribution in [0.2, 0.25) is 0 Å². The summed E-state index contributed by atoms with van der Waals surface area (Å²) < 4.78 is 0. The van der Waals surface area contributed by atoms with E-state index in [9.17, 15) is 24.0 Å². The lowest BCUT2D eigenvalue weighted by Gasteiger charge is -2.29. The smallest absolute Gasteiger partial charge is 0.252 e. The van der Waals surface area contributed by atoms with Crippen LogP contribution < -0.4 is 31.9 Å². The fourth-order valence-electron chi connectivity index (χ4n) is 4.77. The third-order valence-corrected chi connectivity index (χ3v) is 8.38. The highest BCUT2D eigenvalue weighted by atomic mass is 32.2. The standard InChI is InChI=1S/C33H57N7O5S/c1-10-22(7)28(40-30(42)24-12-15-34-16-13-24)33(45)38-26(14-17-46-9)31(43)37-25(18-20(3)4)19-36-23(8)29(41)39-27(21(5)6)32(44)35-11-2/h12-13,15-16,20-23,25-28,36H,10-11,14,17-19H2,1-9H3,(H,35,44)(H,37,43)(H,38,45)(H,39,41)(H,40,42)/t22?,23-,25?,26-,27?,28?/m0/s1. The topological polar surface area (TPSA) is 170 Å². The zero-order valence-corrected chi connectivity index (χ0v) is 29.9. The number of thioether (sulfide) groups is 1. The molecule has 0 aromatic carbocycles. The Kier molecular flexibility index (Phi) is 19.2. The molecule has 0 aliphatic heterocycles. The van der Waals surface area contributed by atoms with Crippen LogP contribution in [0.5, 0.6) is 0 Å². The van der Waals surface area contributed by atoms with Gasteiger partial charge in [-0.1, -0.05) is 48.0 Å². The third-order valence-electron chi connectivity index (χ3n) is 7.73. The molecule has 0 saturated carbocycles. The van der Waals surface area contributed by atoms with Crippen molar-refractivity contribution in [3.63, 3.8) is 0 Å². The van der Waals surface area contributed by atoms with Crippen LogP contribution >= 0.6 is 11.8 Å². The zero-order valence-electron chi connectivity index (χ0n) is 29.1. The second-order valence-electron chi connectivity index (χ2n) is 12.5. The summed E-state index contributed by atoms with van der Waals surface area (Å²) in [4.78, 5) is 69.4. The van der Waals surface area contributed by atoms with E-state index in [0.717, 1.165) is 0 Å². The molecule has 260 valence electrons. The van der Waals surface area contributed by atoms with Crippen molar-refractivity contribution in [2.24, 2.45) is 17.8 Å². The first-order chi connectivity index (χ1) is 21.7. The number of rotatable bonds is 21. The van der Waals surface area contributed by atoms with Gasteiger partial charge in [0.15, 0.2) is 0 Å². The summed E-state index contributed by atoms with van der Waals surface area (Å²) in [5.41, 5.74) is 0.392. The van der Waals surface area contributed by atoms with E-state index in [2.05, 4.69) is 36.9 Å². The second kappa shape index (κ2) is 21.6. The molecule has 1 aromatic rings. The van der Waals surface area contributed by atoms with E-state index in [4.69, 9.17) is 0 Å². The van der Waals surface area contributed by atoms with Gasteiger partial charge in [-0.3, -0.25) is 29.0 Å².